The van der Waals surface area contributed by atoms with Gasteiger partial charge in [0.15, 0.2) is 0 Å². The maximum atomic E-state index is 7.00. The van der Waals surface area contributed by atoms with Gasteiger partial charge in [-0.05, 0) is 44.1 Å². The molecule has 0 aliphatic carbocycles. The molecule has 5 N–H and O–H groups in total. The Hall–Kier alpha value is -2.77. The second kappa shape index (κ2) is 11.2. The lowest BCUT2D eigenvalue weighted by molar-refractivity contribution is 0.399. The Kier molecular flexibility index (Phi) is 8.58. The van der Waals surface area contributed by atoms with Crippen molar-refractivity contribution in [3.63, 3.8) is 0 Å². The Morgan fingerprint density at radius 1 is 1.04 bits per heavy atom. The van der Waals surface area contributed by atoms with Crippen molar-refractivity contribution >= 4 is 5.69 Å². The summed E-state index contributed by atoms with van der Waals surface area (Å²) in [7, 11) is 1.00. The number of nitrogens with one attached hydrogen (secondary N) is 2. The number of H-pyrrole nitrogens is 1. The average Bonchev–Trinajstić information content (AvgIpc) is 3.23. The molecule has 0 spiro atoms. The minimum atomic E-state index is 0.464. The number of aliphatic hydroxyl groups is 1. The summed E-state index contributed by atoms with van der Waals surface area (Å²) in [6.45, 7) is 6.06. The van der Waals surface area contributed by atoms with Crippen LogP contribution in [0.25, 0.3) is 22.5 Å². The topological polar surface area (TPSA) is 113 Å². The van der Waals surface area contributed by atoms with Crippen LogP contribution >= 0.6 is 0 Å². The number of aliphatic hydroxyl groups excluding tert-OH is 1. The summed E-state index contributed by atoms with van der Waals surface area (Å²) in [6, 6.07) is 9.75. The van der Waals surface area contributed by atoms with E-state index in [-0.39, 0.29) is 0 Å². The van der Waals surface area contributed by atoms with Gasteiger partial charge in [0.05, 0.1) is 5.69 Å². The van der Waals surface area contributed by atoms with Crippen molar-refractivity contribution in [1.82, 2.24) is 25.5 Å². The predicted octanol–water partition coefficient (Wildman–Crippen LogP) is 3.22. The lowest BCUT2D eigenvalue weighted by Gasteiger charge is -2.22. The monoisotopic (exact) mass is 382 g/mol. The van der Waals surface area contributed by atoms with Crippen molar-refractivity contribution in [3.05, 3.63) is 48.5 Å². The van der Waals surface area contributed by atoms with Gasteiger partial charge in [0.25, 0.3) is 0 Å². The Morgan fingerprint density at radius 2 is 1.71 bits per heavy atom. The lowest BCUT2D eigenvalue weighted by Crippen LogP contribution is -2.27. The van der Waals surface area contributed by atoms with Crippen LogP contribution in [0.1, 0.15) is 38.3 Å². The molecule has 28 heavy (non-hydrogen) atoms. The highest BCUT2D eigenvalue weighted by atomic mass is 16.2. The van der Waals surface area contributed by atoms with Gasteiger partial charge in [-0.3, -0.25) is 5.10 Å². The van der Waals surface area contributed by atoms with Crippen LogP contribution in [0.5, 0.6) is 0 Å². The fourth-order valence-electron chi connectivity index (χ4n) is 3.31. The van der Waals surface area contributed by atoms with E-state index in [1.807, 2.05) is 44.2 Å². The molecule has 1 aliphatic rings. The van der Waals surface area contributed by atoms with Gasteiger partial charge in [-0.2, -0.15) is 5.10 Å². The van der Waals surface area contributed by atoms with E-state index in [4.69, 9.17) is 10.8 Å². The molecule has 7 heteroatoms. The van der Waals surface area contributed by atoms with Crippen molar-refractivity contribution in [2.45, 2.75) is 32.6 Å². The zero-order valence-corrected chi connectivity index (χ0v) is 16.8. The highest BCUT2D eigenvalue weighted by Gasteiger charge is 2.25. The summed E-state index contributed by atoms with van der Waals surface area (Å²) in [6.07, 6.45) is 5.55. The summed E-state index contributed by atoms with van der Waals surface area (Å²) in [5.41, 5.74) is 11.7. The van der Waals surface area contributed by atoms with Crippen LogP contribution in [0.2, 0.25) is 0 Å². The van der Waals surface area contributed by atoms with Crippen LogP contribution in [0.4, 0.5) is 5.69 Å². The first-order valence-electron chi connectivity index (χ1n) is 9.69. The third-order valence-electron chi connectivity index (χ3n) is 4.56. The summed E-state index contributed by atoms with van der Waals surface area (Å²) in [5.74, 6) is 0.464. The van der Waals surface area contributed by atoms with E-state index in [1.54, 1.807) is 12.5 Å². The Bertz CT molecular complexity index is 811. The second-order valence-electron chi connectivity index (χ2n) is 6.10. The van der Waals surface area contributed by atoms with E-state index >= 15 is 0 Å². The van der Waals surface area contributed by atoms with Crippen molar-refractivity contribution in [1.29, 1.82) is 0 Å². The van der Waals surface area contributed by atoms with Gasteiger partial charge in [-0.1, -0.05) is 26.0 Å². The zero-order chi connectivity index (χ0) is 20.4. The number of aromatic amines is 1. The number of nitrogen functional groups attached to an aromatic ring is 1. The molecule has 0 bridgehead atoms. The smallest absolute Gasteiger partial charge is 0.116 e. The zero-order valence-electron chi connectivity index (χ0n) is 16.8. The number of nitrogens with two attached hydrogens (primary N) is 1. The molecule has 150 valence electrons. The van der Waals surface area contributed by atoms with Crippen LogP contribution in [-0.4, -0.2) is 45.5 Å². The van der Waals surface area contributed by atoms with Crippen LogP contribution in [0.3, 0.4) is 0 Å². The molecular weight excluding hydrogens is 352 g/mol. The number of nitrogens with zero attached hydrogens (tertiary/aromatic N) is 3. The second-order valence-corrected chi connectivity index (χ2v) is 6.10. The maximum absolute atomic E-state index is 7.00. The fraction of sp³-hybridized carbons (Fsp3) is 0.381. The minimum Gasteiger partial charge on any atom is -0.400 e. The molecule has 0 amide bonds. The van der Waals surface area contributed by atoms with Gasteiger partial charge in [-0.15, -0.1) is 0 Å². The standard InChI is InChI=1S/C18H20N6.C2H6.CH4O/c19-14-3-1-12(2-4-14)17-16(15-7-10-21-11-22-15)18(24-23-17)13-5-8-20-9-6-13;2*1-2/h1-4,7,10-11,13,20H,5-6,8-9,19H2,(H,23,24);1-2H3;2H,1H3. The van der Waals surface area contributed by atoms with Crippen LogP contribution in [-0.2, 0) is 0 Å². The van der Waals surface area contributed by atoms with Gasteiger partial charge in [0, 0.05) is 41.7 Å². The van der Waals surface area contributed by atoms with Gasteiger partial charge in [-0.25, -0.2) is 9.97 Å². The number of anilines is 1. The predicted molar refractivity (Wildman–Crippen MR) is 114 cm³/mol. The van der Waals surface area contributed by atoms with E-state index in [0.29, 0.717) is 5.92 Å². The largest absolute Gasteiger partial charge is 0.400 e. The molecule has 4 rings (SSSR count). The third kappa shape index (κ3) is 4.94. The van der Waals surface area contributed by atoms with Gasteiger partial charge in [0.2, 0.25) is 0 Å². The van der Waals surface area contributed by atoms with E-state index in [0.717, 1.165) is 61.2 Å². The van der Waals surface area contributed by atoms with E-state index in [2.05, 4.69) is 25.5 Å². The average molecular weight is 383 g/mol. The molecule has 0 radical (unpaired) electrons. The van der Waals surface area contributed by atoms with Gasteiger partial charge >= 0.3 is 0 Å². The Morgan fingerprint density at radius 3 is 2.32 bits per heavy atom. The molecular formula is C21H30N6O. The molecule has 1 aliphatic heterocycles. The number of rotatable bonds is 3. The summed E-state index contributed by atoms with van der Waals surface area (Å²) in [5, 5.41) is 18.3. The molecule has 0 atom stereocenters. The number of benzene rings is 1. The van der Waals surface area contributed by atoms with Crippen LogP contribution in [0, 0.1) is 0 Å². The van der Waals surface area contributed by atoms with Crippen LogP contribution < -0.4 is 11.1 Å². The molecule has 1 fully saturated rings. The SMILES string of the molecule is CC.CO.Nc1ccc(-c2n[nH]c(C3CCNCC3)c2-c2ccncn2)cc1. The van der Waals surface area contributed by atoms with E-state index in [9.17, 15) is 0 Å². The molecule has 2 aromatic heterocycles. The van der Waals surface area contributed by atoms with Crippen molar-refractivity contribution in [2.24, 2.45) is 0 Å². The maximum Gasteiger partial charge on any atom is 0.116 e. The van der Waals surface area contributed by atoms with Gasteiger partial charge < -0.3 is 16.2 Å². The summed E-state index contributed by atoms with van der Waals surface area (Å²) in [4.78, 5) is 8.51. The van der Waals surface area contributed by atoms with Crippen molar-refractivity contribution in [3.8, 4) is 22.5 Å². The van der Waals surface area contributed by atoms with E-state index in [1.165, 1.54) is 5.69 Å². The number of aromatic nitrogens is 4. The van der Waals surface area contributed by atoms with Gasteiger partial charge in [0.1, 0.15) is 12.0 Å². The highest BCUT2D eigenvalue weighted by molar-refractivity contribution is 5.81. The first-order valence-corrected chi connectivity index (χ1v) is 9.69. The first kappa shape index (κ1) is 21.5. The molecule has 3 heterocycles. The summed E-state index contributed by atoms with van der Waals surface area (Å²) >= 11 is 0. The fourth-order valence-corrected chi connectivity index (χ4v) is 3.31. The van der Waals surface area contributed by atoms with E-state index < -0.39 is 0 Å². The molecule has 0 unspecified atom stereocenters. The van der Waals surface area contributed by atoms with Crippen molar-refractivity contribution < 1.29 is 5.11 Å². The minimum absolute atomic E-state index is 0.464. The van der Waals surface area contributed by atoms with Crippen molar-refractivity contribution in [2.75, 3.05) is 25.9 Å². The third-order valence-corrected chi connectivity index (χ3v) is 4.56. The normalized spacial score (nSPS) is 13.7. The Balaban J connectivity index is 0.000000660. The highest BCUT2D eigenvalue weighted by Crippen LogP contribution is 2.38. The molecule has 1 aromatic carbocycles. The molecule has 0 saturated carbocycles. The molecule has 1 saturated heterocycles. The summed E-state index contributed by atoms with van der Waals surface area (Å²) < 4.78 is 0. The number of piperidine rings is 1. The number of hydrogen-bond donors (Lipinski definition) is 4. The number of hydrogen-bond acceptors (Lipinski definition) is 6. The first-order chi connectivity index (χ1) is 13.8. The quantitative estimate of drug-likeness (QED) is 0.517. The molecule has 3 aromatic rings. The molecule has 7 nitrogen and oxygen atoms in total. The van der Waals surface area contributed by atoms with Crippen LogP contribution in [0.15, 0.2) is 42.9 Å². The Labute approximate surface area is 166 Å². The lowest BCUT2D eigenvalue weighted by atomic mass is 9.89.